The first-order valence-corrected chi connectivity index (χ1v) is 12.2. The summed E-state index contributed by atoms with van der Waals surface area (Å²) in [5.41, 5.74) is 7.67. The molecule has 4 fully saturated rings. The topological polar surface area (TPSA) is 67.9 Å². The Morgan fingerprint density at radius 2 is 1.85 bits per heavy atom. The molecule has 10 heteroatoms. The molecule has 3 saturated heterocycles. The van der Waals surface area contributed by atoms with Gasteiger partial charge in [-0.05, 0) is 49.8 Å². The Balaban J connectivity index is 1.41. The van der Waals surface area contributed by atoms with Gasteiger partial charge in [0.2, 0.25) is 5.91 Å². The first-order valence-electron chi connectivity index (χ1n) is 12.2. The second-order valence-corrected chi connectivity index (χ2v) is 10.2. The van der Waals surface area contributed by atoms with E-state index in [1.54, 1.807) is 0 Å². The molecule has 2 amide bonds. The van der Waals surface area contributed by atoms with Crippen LogP contribution in [0.3, 0.4) is 0 Å². The number of likely N-dealkylation sites (tertiary alicyclic amines) is 1. The smallest absolute Gasteiger partial charge is 0.336 e. The van der Waals surface area contributed by atoms with Crippen molar-refractivity contribution in [2.24, 2.45) is 11.8 Å². The average molecular weight is 480 g/mol. The van der Waals surface area contributed by atoms with Crippen LogP contribution in [0.1, 0.15) is 41.1 Å². The third-order valence-corrected chi connectivity index (χ3v) is 8.13. The number of hydrazine groups is 1. The number of hydrogen-bond acceptors (Lipinski definition) is 5. The molecule has 186 valence electrons. The minimum Gasteiger partial charge on any atom is -0.336 e. The van der Waals surface area contributed by atoms with E-state index in [2.05, 4.69) is 15.8 Å². The SMILES string of the molecule is CN1CCN(C(=O)c2ccccc2C2CCC3C4NNCC4C(=O)N(CC(F)(F)F)C3C2)CC1. The monoisotopic (exact) mass is 479 g/mol. The molecule has 0 bridgehead atoms. The van der Waals surface area contributed by atoms with Crippen LogP contribution in [0.5, 0.6) is 0 Å². The van der Waals surface area contributed by atoms with Crippen molar-refractivity contribution in [3.8, 4) is 0 Å². The van der Waals surface area contributed by atoms with Crippen LogP contribution >= 0.6 is 0 Å². The first-order chi connectivity index (χ1) is 16.2. The summed E-state index contributed by atoms with van der Waals surface area (Å²) in [4.78, 5) is 31.6. The number of benzene rings is 1. The van der Waals surface area contributed by atoms with Crippen molar-refractivity contribution in [2.75, 3.05) is 46.3 Å². The number of nitrogens with one attached hydrogen (secondary N) is 2. The number of likely N-dealkylation sites (N-methyl/N-ethyl adjacent to an activating group) is 1. The number of piperazine rings is 1. The van der Waals surface area contributed by atoms with E-state index in [1.807, 2.05) is 36.2 Å². The lowest BCUT2D eigenvalue weighted by molar-refractivity contribution is -0.178. The Labute approximate surface area is 197 Å². The molecule has 0 aromatic heterocycles. The van der Waals surface area contributed by atoms with Crippen LogP contribution in [0, 0.1) is 11.8 Å². The van der Waals surface area contributed by atoms with E-state index in [0.717, 1.165) is 30.0 Å². The molecule has 3 heterocycles. The fourth-order valence-corrected chi connectivity index (χ4v) is 6.38. The van der Waals surface area contributed by atoms with Gasteiger partial charge in [0.05, 0.1) is 5.92 Å². The highest BCUT2D eigenvalue weighted by molar-refractivity contribution is 5.96. The molecule has 1 aliphatic carbocycles. The molecule has 34 heavy (non-hydrogen) atoms. The lowest BCUT2D eigenvalue weighted by Gasteiger charge is -2.50. The molecular formula is C24H32F3N5O2. The van der Waals surface area contributed by atoms with Gasteiger partial charge in [-0.3, -0.25) is 20.4 Å². The molecule has 2 N–H and O–H groups in total. The molecule has 3 aliphatic heterocycles. The second kappa shape index (κ2) is 9.13. The Morgan fingerprint density at radius 3 is 2.59 bits per heavy atom. The maximum absolute atomic E-state index is 13.5. The van der Waals surface area contributed by atoms with Crippen LogP contribution < -0.4 is 10.9 Å². The quantitative estimate of drug-likeness (QED) is 0.693. The number of fused-ring (bicyclic) bond motifs is 3. The number of amides is 2. The fourth-order valence-electron chi connectivity index (χ4n) is 6.38. The van der Waals surface area contributed by atoms with Crippen molar-refractivity contribution < 1.29 is 22.8 Å². The van der Waals surface area contributed by atoms with Gasteiger partial charge in [0, 0.05) is 50.4 Å². The molecule has 1 aromatic rings. The molecular weight excluding hydrogens is 447 g/mol. The number of carbonyl (C=O) groups excluding carboxylic acids is 2. The number of carbonyl (C=O) groups is 2. The van der Waals surface area contributed by atoms with E-state index >= 15 is 0 Å². The Morgan fingerprint density at radius 1 is 1.12 bits per heavy atom. The van der Waals surface area contributed by atoms with Gasteiger partial charge in [0.25, 0.3) is 5.91 Å². The molecule has 7 nitrogen and oxygen atoms in total. The van der Waals surface area contributed by atoms with Crippen LogP contribution in [0.4, 0.5) is 13.2 Å². The number of nitrogens with zero attached hydrogens (tertiary/aromatic N) is 3. The molecule has 1 saturated carbocycles. The highest BCUT2D eigenvalue weighted by Crippen LogP contribution is 2.46. The molecule has 0 radical (unpaired) electrons. The van der Waals surface area contributed by atoms with Crippen molar-refractivity contribution in [3.63, 3.8) is 0 Å². The number of rotatable bonds is 3. The zero-order valence-electron chi connectivity index (χ0n) is 19.4. The van der Waals surface area contributed by atoms with E-state index < -0.39 is 30.6 Å². The minimum absolute atomic E-state index is 0.0144. The summed E-state index contributed by atoms with van der Waals surface area (Å²) in [5.74, 6) is -1.02. The lowest BCUT2D eigenvalue weighted by atomic mass is 9.67. The highest BCUT2D eigenvalue weighted by Gasteiger charge is 2.54. The maximum Gasteiger partial charge on any atom is 0.406 e. The summed E-state index contributed by atoms with van der Waals surface area (Å²) in [5, 5.41) is 0. The highest BCUT2D eigenvalue weighted by atomic mass is 19.4. The van der Waals surface area contributed by atoms with E-state index in [4.69, 9.17) is 0 Å². The molecule has 0 spiro atoms. The third kappa shape index (κ3) is 4.43. The summed E-state index contributed by atoms with van der Waals surface area (Å²) in [7, 11) is 2.03. The molecule has 4 aliphatic rings. The molecule has 1 aromatic carbocycles. The van der Waals surface area contributed by atoms with Gasteiger partial charge in [-0.1, -0.05) is 18.2 Å². The van der Waals surface area contributed by atoms with Gasteiger partial charge in [-0.25, -0.2) is 0 Å². The number of piperidine rings is 1. The summed E-state index contributed by atoms with van der Waals surface area (Å²) in [6, 6.07) is 6.85. The van der Waals surface area contributed by atoms with Crippen molar-refractivity contribution in [3.05, 3.63) is 35.4 Å². The summed E-state index contributed by atoms with van der Waals surface area (Å²) < 4.78 is 40.4. The minimum atomic E-state index is -4.45. The number of alkyl halides is 3. The summed E-state index contributed by atoms with van der Waals surface area (Å²) in [6.45, 7) is 2.10. The van der Waals surface area contributed by atoms with Gasteiger partial charge in [0.15, 0.2) is 0 Å². The molecule has 5 atom stereocenters. The van der Waals surface area contributed by atoms with Gasteiger partial charge < -0.3 is 14.7 Å². The fraction of sp³-hybridized carbons (Fsp3) is 0.667. The standard InChI is InChI=1S/C24H32F3N5O2/c1-30-8-10-31(11-9-30)22(33)17-5-3-2-4-16(17)15-6-7-18-20(12-15)32(14-24(25,26)27)23(34)19-13-28-29-21(18)19/h2-5,15,18-21,28-29H,6-14H2,1H3. The van der Waals surface area contributed by atoms with Crippen LogP contribution in [0.25, 0.3) is 0 Å². The Kier molecular flexibility index (Phi) is 6.32. The first kappa shape index (κ1) is 23.6. The summed E-state index contributed by atoms with van der Waals surface area (Å²) in [6.07, 6.45) is -2.52. The van der Waals surface area contributed by atoms with Gasteiger partial charge in [-0.2, -0.15) is 13.2 Å². The third-order valence-electron chi connectivity index (χ3n) is 8.13. The number of hydrogen-bond donors (Lipinski definition) is 2. The van der Waals surface area contributed by atoms with Crippen molar-refractivity contribution in [1.82, 2.24) is 25.6 Å². The van der Waals surface area contributed by atoms with Crippen molar-refractivity contribution in [1.29, 1.82) is 0 Å². The van der Waals surface area contributed by atoms with Gasteiger partial charge in [0.1, 0.15) is 6.54 Å². The number of halogens is 3. The predicted octanol–water partition coefficient (Wildman–Crippen LogP) is 1.82. The van der Waals surface area contributed by atoms with Crippen LogP contribution in [-0.4, -0.2) is 91.1 Å². The van der Waals surface area contributed by atoms with E-state index in [1.165, 1.54) is 0 Å². The van der Waals surface area contributed by atoms with Crippen LogP contribution in [-0.2, 0) is 4.79 Å². The average Bonchev–Trinajstić information content (AvgIpc) is 3.31. The van der Waals surface area contributed by atoms with Gasteiger partial charge >= 0.3 is 6.18 Å². The molecule has 5 rings (SSSR count). The zero-order valence-corrected chi connectivity index (χ0v) is 19.4. The Bertz CT molecular complexity index is 933. The van der Waals surface area contributed by atoms with Crippen molar-refractivity contribution in [2.45, 2.75) is 43.4 Å². The largest absolute Gasteiger partial charge is 0.406 e. The second-order valence-electron chi connectivity index (χ2n) is 10.2. The predicted molar refractivity (Wildman–Crippen MR) is 120 cm³/mol. The van der Waals surface area contributed by atoms with E-state index in [9.17, 15) is 22.8 Å². The molecule has 5 unspecified atom stereocenters. The van der Waals surface area contributed by atoms with E-state index in [-0.39, 0.29) is 23.8 Å². The maximum atomic E-state index is 13.5. The van der Waals surface area contributed by atoms with E-state index in [0.29, 0.717) is 38.0 Å². The van der Waals surface area contributed by atoms with Crippen LogP contribution in [0.2, 0.25) is 0 Å². The Hall–Kier alpha value is -2.17. The van der Waals surface area contributed by atoms with Gasteiger partial charge in [-0.15, -0.1) is 0 Å². The van der Waals surface area contributed by atoms with Crippen molar-refractivity contribution >= 4 is 11.8 Å². The van der Waals surface area contributed by atoms with Crippen LogP contribution in [0.15, 0.2) is 24.3 Å². The lowest BCUT2D eigenvalue weighted by Crippen LogP contribution is -2.63. The normalized spacial score (nSPS) is 32.5. The zero-order chi connectivity index (χ0) is 24.0. The summed E-state index contributed by atoms with van der Waals surface area (Å²) >= 11 is 0.